The molecule has 0 saturated carbocycles. The molecule has 0 radical (unpaired) electrons. The molecule has 1 aromatic rings. The highest BCUT2D eigenvalue weighted by molar-refractivity contribution is 7.11. The van der Waals surface area contributed by atoms with Gasteiger partial charge in [-0.3, -0.25) is 0 Å². The number of aryl methyl sites for hydroxylation is 1. The Kier molecular flexibility index (Phi) is 3.19. The fraction of sp³-hybridized carbons (Fsp3) is 0.667. The van der Waals surface area contributed by atoms with E-state index in [4.69, 9.17) is 0 Å². The van der Waals surface area contributed by atoms with E-state index in [1.165, 1.54) is 0 Å². The first-order chi connectivity index (χ1) is 6.36. The maximum atomic E-state index is 12.3. The molecule has 0 unspecified atom stereocenters. The lowest BCUT2D eigenvalue weighted by molar-refractivity contribution is -0.137. The Labute approximate surface area is 85.0 Å². The third-order valence-corrected chi connectivity index (χ3v) is 3.10. The molecule has 0 saturated heterocycles. The molecule has 0 atom stereocenters. The van der Waals surface area contributed by atoms with Crippen LogP contribution in [0.5, 0.6) is 0 Å². The second kappa shape index (κ2) is 3.88. The van der Waals surface area contributed by atoms with E-state index < -0.39 is 11.2 Å². The van der Waals surface area contributed by atoms with Crippen molar-refractivity contribution in [2.24, 2.45) is 0 Å². The molecule has 0 aliphatic rings. The molecule has 80 valence electrons. The molecule has 1 nitrogen and oxygen atoms in total. The highest BCUT2D eigenvalue weighted by Crippen LogP contribution is 2.36. The molecule has 0 aliphatic carbocycles. The van der Waals surface area contributed by atoms with Gasteiger partial charge in [0.2, 0.25) is 0 Å². The van der Waals surface area contributed by atoms with Crippen LogP contribution in [0.3, 0.4) is 0 Å². The van der Waals surface area contributed by atoms with Crippen LogP contribution in [-0.4, -0.2) is 4.98 Å². The Morgan fingerprint density at radius 2 is 1.93 bits per heavy atom. The van der Waals surface area contributed by atoms with Gasteiger partial charge in [0, 0.05) is 4.88 Å². The van der Waals surface area contributed by atoms with E-state index in [1.807, 2.05) is 20.8 Å². The van der Waals surface area contributed by atoms with E-state index in [0.717, 1.165) is 16.2 Å². The largest absolute Gasteiger partial charge is 0.443 e. The topological polar surface area (TPSA) is 12.9 Å². The number of hydrogen-bond donors (Lipinski definition) is 0. The molecule has 0 N–H and O–H groups in total. The van der Waals surface area contributed by atoms with Gasteiger partial charge in [-0.05, 0) is 12.3 Å². The van der Waals surface area contributed by atoms with Crippen molar-refractivity contribution in [3.05, 3.63) is 15.6 Å². The summed E-state index contributed by atoms with van der Waals surface area (Å²) in [6.07, 6.45) is -3.69. The fourth-order valence-corrected chi connectivity index (χ4v) is 2.21. The van der Waals surface area contributed by atoms with Crippen LogP contribution >= 0.6 is 11.3 Å². The Hall–Kier alpha value is -0.580. The number of hydrogen-bond acceptors (Lipinski definition) is 2. The minimum absolute atomic E-state index is 0.0531. The van der Waals surface area contributed by atoms with E-state index in [-0.39, 0.29) is 5.92 Å². The summed E-state index contributed by atoms with van der Waals surface area (Å²) in [6, 6.07) is 0. The summed E-state index contributed by atoms with van der Waals surface area (Å²) in [5.74, 6) is 0.0531. The Morgan fingerprint density at radius 3 is 2.21 bits per heavy atom. The zero-order valence-electron chi connectivity index (χ0n) is 8.27. The van der Waals surface area contributed by atoms with Crippen molar-refractivity contribution in [1.29, 1.82) is 0 Å². The summed E-state index contributed by atoms with van der Waals surface area (Å²) in [7, 11) is 0. The number of nitrogens with zero attached hydrogens (tertiary/aromatic N) is 1. The molecule has 0 fully saturated rings. The van der Waals surface area contributed by atoms with Gasteiger partial charge in [-0.15, -0.1) is 11.3 Å². The summed E-state index contributed by atoms with van der Waals surface area (Å²) < 4.78 is 37.0. The second-order valence-corrected chi connectivity index (χ2v) is 4.42. The lowest BCUT2D eigenvalue weighted by Crippen LogP contribution is -2.04. The summed E-state index contributed by atoms with van der Waals surface area (Å²) in [5.41, 5.74) is 0.588. The summed E-state index contributed by atoms with van der Waals surface area (Å²) in [6.45, 7) is 5.56. The first-order valence-electron chi connectivity index (χ1n) is 4.43. The molecule has 0 aromatic carbocycles. The van der Waals surface area contributed by atoms with Gasteiger partial charge in [-0.1, -0.05) is 20.8 Å². The van der Waals surface area contributed by atoms with Gasteiger partial charge in [0.1, 0.15) is 0 Å². The van der Waals surface area contributed by atoms with Crippen LogP contribution < -0.4 is 0 Å². The van der Waals surface area contributed by atoms with Gasteiger partial charge < -0.3 is 0 Å². The first-order valence-corrected chi connectivity index (χ1v) is 5.24. The smallest absolute Gasteiger partial charge is 0.237 e. The SMILES string of the molecule is CCc1sc(C(F)(F)F)nc1C(C)C. The van der Waals surface area contributed by atoms with E-state index >= 15 is 0 Å². The molecule has 0 amide bonds. The van der Waals surface area contributed by atoms with Crippen LogP contribution in [0.2, 0.25) is 0 Å². The van der Waals surface area contributed by atoms with Crippen molar-refractivity contribution in [2.45, 2.75) is 39.3 Å². The van der Waals surface area contributed by atoms with E-state index in [2.05, 4.69) is 4.98 Å². The second-order valence-electron chi connectivity index (χ2n) is 3.33. The van der Waals surface area contributed by atoms with Crippen LogP contribution in [0.15, 0.2) is 0 Å². The van der Waals surface area contributed by atoms with E-state index in [0.29, 0.717) is 12.1 Å². The van der Waals surface area contributed by atoms with Crippen LogP contribution in [-0.2, 0) is 12.6 Å². The van der Waals surface area contributed by atoms with Crippen molar-refractivity contribution < 1.29 is 13.2 Å². The lowest BCUT2D eigenvalue weighted by Gasteiger charge is -2.02. The summed E-state index contributed by atoms with van der Waals surface area (Å²) in [5, 5.41) is -0.724. The van der Waals surface area contributed by atoms with Crippen LogP contribution in [0.4, 0.5) is 13.2 Å². The molecular weight excluding hydrogens is 211 g/mol. The number of alkyl halides is 3. The normalized spacial score (nSPS) is 12.5. The Bertz CT molecular complexity index is 314. The third-order valence-electron chi connectivity index (χ3n) is 1.84. The number of aromatic nitrogens is 1. The summed E-state index contributed by atoms with van der Waals surface area (Å²) >= 11 is 0.759. The maximum absolute atomic E-state index is 12.3. The third kappa shape index (κ3) is 2.26. The maximum Gasteiger partial charge on any atom is 0.443 e. The van der Waals surface area contributed by atoms with E-state index in [1.54, 1.807) is 0 Å². The molecule has 5 heteroatoms. The predicted octanol–water partition coefficient (Wildman–Crippen LogP) is 3.85. The van der Waals surface area contributed by atoms with Gasteiger partial charge in [0.05, 0.1) is 5.69 Å². The van der Waals surface area contributed by atoms with Crippen molar-refractivity contribution in [3.63, 3.8) is 0 Å². The van der Waals surface area contributed by atoms with Crippen molar-refractivity contribution in [2.75, 3.05) is 0 Å². The molecule has 0 spiro atoms. The Balaban J connectivity index is 3.13. The minimum atomic E-state index is -4.30. The molecular formula is C9H12F3NS. The van der Waals surface area contributed by atoms with Gasteiger partial charge >= 0.3 is 6.18 Å². The van der Waals surface area contributed by atoms with Gasteiger partial charge in [0.15, 0.2) is 5.01 Å². The standard InChI is InChI=1S/C9H12F3NS/c1-4-6-7(5(2)3)13-8(14-6)9(10,11)12/h5H,4H2,1-3H3. The Morgan fingerprint density at radius 1 is 1.36 bits per heavy atom. The van der Waals surface area contributed by atoms with Gasteiger partial charge in [-0.25, -0.2) is 4.98 Å². The van der Waals surface area contributed by atoms with Crippen LogP contribution in [0.25, 0.3) is 0 Å². The molecule has 0 aliphatic heterocycles. The molecule has 1 rings (SSSR count). The van der Waals surface area contributed by atoms with Gasteiger partial charge in [0.25, 0.3) is 0 Å². The average molecular weight is 223 g/mol. The highest BCUT2D eigenvalue weighted by atomic mass is 32.1. The summed E-state index contributed by atoms with van der Waals surface area (Å²) in [4.78, 5) is 4.39. The highest BCUT2D eigenvalue weighted by Gasteiger charge is 2.35. The lowest BCUT2D eigenvalue weighted by atomic mass is 10.1. The zero-order chi connectivity index (χ0) is 10.9. The first kappa shape index (κ1) is 11.5. The zero-order valence-corrected chi connectivity index (χ0v) is 9.09. The number of halogens is 3. The predicted molar refractivity (Wildman–Crippen MR) is 50.6 cm³/mol. The number of rotatable bonds is 2. The van der Waals surface area contributed by atoms with Crippen LogP contribution in [0, 0.1) is 0 Å². The van der Waals surface area contributed by atoms with Crippen molar-refractivity contribution in [1.82, 2.24) is 4.98 Å². The van der Waals surface area contributed by atoms with Crippen LogP contribution in [0.1, 0.15) is 42.3 Å². The van der Waals surface area contributed by atoms with Crippen molar-refractivity contribution in [3.8, 4) is 0 Å². The monoisotopic (exact) mass is 223 g/mol. The van der Waals surface area contributed by atoms with Gasteiger partial charge in [-0.2, -0.15) is 13.2 Å². The molecule has 1 heterocycles. The fourth-order valence-electron chi connectivity index (χ4n) is 1.19. The molecule has 1 aromatic heterocycles. The van der Waals surface area contributed by atoms with E-state index in [9.17, 15) is 13.2 Å². The average Bonchev–Trinajstić information content (AvgIpc) is 2.45. The van der Waals surface area contributed by atoms with Crippen molar-refractivity contribution >= 4 is 11.3 Å². The quantitative estimate of drug-likeness (QED) is 0.742. The number of thiazole rings is 1. The molecule has 0 bridgehead atoms. The molecule has 14 heavy (non-hydrogen) atoms. The minimum Gasteiger partial charge on any atom is -0.237 e.